The minimum absolute atomic E-state index is 0.0599. The molecule has 0 aliphatic heterocycles. The first kappa shape index (κ1) is 12.1. The Morgan fingerprint density at radius 1 is 1.46 bits per heavy atom. The fourth-order valence-corrected chi connectivity index (χ4v) is 0.825. The van der Waals surface area contributed by atoms with Crippen LogP contribution < -0.4 is 5.32 Å². The summed E-state index contributed by atoms with van der Waals surface area (Å²) in [6.45, 7) is 4.82. The molecule has 0 radical (unpaired) electrons. The summed E-state index contributed by atoms with van der Waals surface area (Å²) in [5.41, 5.74) is -0.970. The molecule has 1 unspecified atom stereocenters. The zero-order valence-corrected chi connectivity index (χ0v) is 8.55. The van der Waals surface area contributed by atoms with Crippen molar-refractivity contribution in [1.29, 1.82) is 0 Å². The molecule has 0 rings (SSSR count). The summed E-state index contributed by atoms with van der Waals surface area (Å²) in [6.07, 6.45) is 0.0599. The van der Waals surface area contributed by atoms with E-state index in [1.54, 1.807) is 27.8 Å². The van der Waals surface area contributed by atoms with Gasteiger partial charge in [0.2, 0.25) is 0 Å². The van der Waals surface area contributed by atoms with Crippen molar-refractivity contribution in [3.63, 3.8) is 0 Å². The third-order valence-electron chi connectivity index (χ3n) is 2.11. The van der Waals surface area contributed by atoms with Gasteiger partial charge in [-0.15, -0.1) is 0 Å². The zero-order chi connectivity index (χ0) is 10.6. The van der Waals surface area contributed by atoms with Crippen molar-refractivity contribution in [2.24, 2.45) is 5.41 Å². The molecule has 0 fully saturated rings. The standard InChI is InChI=1S/C9H17NO3/c1-6(10-4)7(11)5-9(2,3)8(12)13/h6,10H,5H2,1-4H3,(H,12,13). The number of ketones is 1. The van der Waals surface area contributed by atoms with Crippen molar-refractivity contribution in [2.45, 2.75) is 33.2 Å². The summed E-state index contributed by atoms with van der Waals surface area (Å²) in [7, 11) is 1.68. The van der Waals surface area contributed by atoms with Gasteiger partial charge in [0.25, 0.3) is 0 Å². The molecule has 0 amide bonds. The molecule has 0 saturated heterocycles. The van der Waals surface area contributed by atoms with E-state index >= 15 is 0 Å². The summed E-state index contributed by atoms with van der Waals surface area (Å²) in [5.74, 6) is -1.01. The fourth-order valence-electron chi connectivity index (χ4n) is 0.825. The minimum atomic E-state index is -0.970. The molecular formula is C9H17NO3. The maximum absolute atomic E-state index is 11.4. The van der Waals surface area contributed by atoms with Crippen LogP contribution in [0.25, 0.3) is 0 Å². The van der Waals surface area contributed by atoms with Gasteiger partial charge in [0.1, 0.15) is 0 Å². The van der Waals surface area contributed by atoms with Crippen LogP contribution in [-0.2, 0) is 9.59 Å². The van der Waals surface area contributed by atoms with Gasteiger partial charge >= 0.3 is 5.97 Å². The lowest BCUT2D eigenvalue weighted by Crippen LogP contribution is -2.36. The van der Waals surface area contributed by atoms with Crippen molar-refractivity contribution in [3.8, 4) is 0 Å². The molecule has 0 spiro atoms. The van der Waals surface area contributed by atoms with Crippen molar-refractivity contribution in [3.05, 3.63) is 0 Å². The van der Waals surface area contributed by atoms with Gasteiger partial charge in [-0.1, -0.05) is 0 Å². The van der Waals surface area contributed by atoms with Crippen LogP contribution in [0, 0.1) is 5.41 Å². The number of carbonyl (C=O) groups excluding carboxylic acids is 1. The van der Waals surface area contributed by atoms with E-state index in [-0.39, 0.29) is 18.2 Å². The average Bonchev–Trinajstić information content (AvgIpc) is 2.01. The molecule has 0 saturated carbocycles. The second-order valence-corrected chi connectivity index (χ2v) is 3.84. The highest BCUT2D eigenvalue weighted by Gasteiger charge is 2.31. The number of aliphatic carboxylic acids is 1. The number of carboxylic acids is 1. The van der Waals surface area contributed by atoms with E-state index in [2.05, 4.69) is 5.32 Å². The molecule has 0 aromatic rings. The van der Waals surface area contributed by atoms with Gasteiger partial charge in [0, 0.05) is 6.42 Å². The SMILES string of the molecule is CNC(C)C(=O)CC(C)(C)C(=O)O. The van der Waals surface area contributed by atoms with Gasteiger partial charge in [-0.25, -0.2) is 0 Å². The van der Waals surface area contributed by atoms with Gasteiger partial charge in [0.05, 0.1) is 11.5 Å². The minimum Gasteiger partial charge on any atom is -0.481 e. The number of hydrogen-bond donors (Lipinski definition) is 2. The Labute approximate surface area is 78.3 Å². The highest BCUT2D eigenvalue weighted by atomic mass is 16.4. The topological polar surface area (TPSA) is 66.4 Å². The summed E-state index contributed by atoms with van der Waals surface area (Å²) in [5, 5.41) is 11.6. The Morgan fingerprint density at radius 2 is 1.92 bits per heavy atom. The predicted octanol–water partition coefficient (Wildman–Crippen LogP) is 0.664. The quantitative estimate of drug-likeness (QED) is 0.663. The van der Waals surface area contributed by atoms with E-state index in [0.29, 0.717) is 0 Å². The second-order valence-electron chi connectivity index (χ2n) is 3.84. The smallest absolute Gasteiger partial charge is 0.309 e. The molecule has 0 aromatic carbocycles. The van der Waals surface area contributed by atoms with Crippen LogP contribution >= 0.6 is 0 Å². The van der Waals surface area contributed by atoms with E-state index in [9.17, 15) is 9.59 Å². The van der Waals surface area contributed by atoms with Crippen LogP contribution in [0.2, 0.25) is 0 Å². The number of carbonyl (C=O) groups is 2. The van der Waals surface area contributed by atoms with Crippen molar-refractivity contribution >= 4 is 11.8 Å². The summed E-state index contributed by atoms with van der Waals surface area (Å²) in [6, 6.07) is -0.279. The first-order valence-electron chi connectivity index (χ1n) is 4.24. The van der Waals surface area contributed by atoms with E-state index in [0.717, 1.165) is 0 Å². The first-order valence-corrected chi connectivity index (χ1v) is 4.24. The summed E-state index contributed by atoms with van der Waals surface area (Å²) >= 11 is 0. The van der Waals surface area contributed by atoms with Crippen LogP contribution in [0.4, 0.5) is 0 Å². The number of rotatable bonds is 5. The average molecular weight is 187 g/mol. The number of Topliss-reactive ketones (excluding diaryl/α,β-unsaturated/α-hetero) is 1. The van der Waals surface area contributed by atoms with E-state index in [1.165, 1.54) is 0 Å². The Morgan fingerprint density at radius 3 is 2.23 bits per heavy atom. The second kappa shape index (κ2) is 4.37. The highest BCUT2D eigenvalue weighted by Crippen LogP contribution is 2.21. The third kappa shape index (κ3) is 3.55. The normalized spacial score (nSPS) is 13.8. The fraction of sp³-hybridized carbons (Fsp3) is 0.778. The molecule has 76 valence electrons. The Hall–Kier alpha value is -0.900. The van der Waals surface area contributed by atoms with Gasteiger partial charge < -0.3 is 10.4 Å². The third-order valence-corrected chi connectivity index (χ3v) is 2.11. The van der Waals surface area contributed by atoms with Crippen LogP contribution in [0.1, 0.15) is 27.2 Å². The number of carboxylic acid groups (broad SMARTS) is 1. The number of nitrogens with one attached hydrogen (secondary N) is 1. The van der Waals surface area contributed by atoms with Crippen molar-refractivity contribution in [2.75, 3.05) is 7.05 Å². The van der Waals surface area contributed by atoms with Gasteiger partial charge in [-0.3, -0.25) is 9.59 Å². The first-order chi connectivity index (χ1) is 5.81. The van der Waals surface area contributed by atoms with Crippen molar-refractivity contribution < 1.29 is 14.7 Å². The largest absolute Gasteiger partial charge is 0.481 e. The molecule has 1 atom stereocenters. The number of likely N-dealkylation sites (N-methyl/N-ethyl adjacent to an activating group) is 1. The number of hydrogen-bond acceptors (Lipinski definition) is 3. The Bertz CT molecular complexity index is 211. The highest BCUT2D eigenvalue weighted by molar-refractivity contribution is 5.88. The monoisotopic (exact) mass is 187 g/mol. The molecular weight excluding hydrogens is 170 g/mol. The maximum atomic E-state index is 11.4. The van der Waals surface area contributed by atoms with Gasteiger partial charge in [-0.05, 0) is 27.8 Å². The van der Waals surface area contributed by atoms with Gasteiger partial charge in [0.15, 0.2) is 5.78 Å². The van der Waals surface area contributed by atoms with Gasteiger partial charge in [-0.2, -0.15) is 0 Å². The molecule has 13 heavy (non-hydrogen) atoms. The lowest BCUT2D eigenvalue weighted by Gasteiger charge is -2.19. The van der Waals surface area contributed by atoms with Crippen molar-refractivity contribution in [1.82, 2.24) is 5.32 Å². The van der Waals surface area contributed by atoms with E-state index in [4.69, 9.17) is 5.11 Å². The lowest BCUT2D eigenvalue weighted by atomic mass is 9.86. The van der Waals surface area contributed by atoms with Crippen LogP contribution in [0.5, 0.6) is 0 Å². The van der Waals surface area contributed by atoms with Crippen LogP contribution in [-0.4, -0.2) is 29.9 Å². The molecule has 0 aliphatic rings. The molecule has 4 heteroatoms. The Balaban J connectivity index is 4.28. The van der Waals surface area contributed by atoms with E-state index in [1.807, 2.05) is 0 Å². The lowest BCUT2D eigenvalue weighted by molar-refractivity contribution is -0.149. The predicted molar refractivity (Wildman–Crippen MR) is 49.6 cm³/mol. The molecule has 2 N–H and O–H groups in total. The summed E-state index contributed by atoms with van der Waals surface area (Å²) in [4.78, 5) is 22.1. The molecule has 0 aromatic heterocycles. The maximum Gasteiger partial charge on any atom is 0.309 e. The van der Waals surface area contributed by atoms with Crippen LogP contribution in [0.15, 0.2) is 0 Å². The summed E-state index contributed by atoms with van der Waals surface area (Å²) < 4.78 is 0. The zero-order valence-electron chi connectivity index (χ0n) is 8.55. The molecule has 0 heterocycles. The Kier molecular flexibility index (Phi) is 4.07. The van der Waals surface area contributed by atoms with E-state index < -0.39 is 11.4 Å². The van der Waals surface area contributed by atoms with Crippen LogP contribution in [0.3, 0.4) is 0 Å². The molecule has 0 aliphatic carbocycles. The molecule has 0 bridgehead atoms. The molecule has 4 nitrogen and oxygen atoms in total.